The number of hydrogen-bond donors (Lipinski definition) is 1. The number of nitrogens with zero attached hydrogens (tertiary/aromatic N) is 1. The fourth-order valence-electron chi connectivity index (χ4n) is 1.79. The summed E-state index contributed by atoms with van der Waals surface area (Å²) in [6.45, 7) is -0.165. The van der Waals surface area contributed by atoms with Gasteiger partial charge in [-0.1, -0.05) is 17.7 Å². The van der Waals surface area contributed by atoms with E-state index in [9.17, 15) is 9.50 Å². The van der Waals surface area contributed by atoms with Gasteiger partial charge in [0.2, 0.25) is 0 Å². The molecule has 0 atom stereocenters. The van der Waals surface area contributed by atoms with E-state index in [0.29, 0.717) is 21.9 Å². The van der Waals surface area contributed by atoms with Crippen LogP contribution >= 0.6 is 11.6 Å². The molecule has 3 nitrogen and oxygen atoms in total. The van der Waals surface area contributed by atoms with Crippen molar-refractivity contribution in [2.45, 2.75) is 13.2 Å². The Balaban J connectivity index is 2.19. The van der Waals surface area contributed by atoms with Gasteiger partial charge < -0.3 is 9.84 Å². The summed E-state index contributed by atoms with van der Waals surface area (Å²) in [6, 6.07) is 10.9. The Morgan fingerprint density at radius 3 is 2.80 bits per heavy atom. The van der Waals surface area contributed by atoms with Crippen LogP contribution in [0.1, 0.15) is 16.7 Å². The summed E-state index contributed by atoms with van der Waals surface area (Å²) in [4.78, 5) is 0. The predicted octanol–water partition coefficient (Wildman–Crippen LogP) is 3.42. The van der Waals surface area contributed by atoms with E-state index in [0.717, 1.165) is 6.07 Å². The van der Waals surface area contributed by atoms with Crippen molar-refractivity contribution in [3.63, 3.8) is 0 Å². The molecule has 102 valence electrons. The lowest BCUT2D eigenvalue weighted by atomic mass is 10.1. The van der Waals surface area contributed by atoms with E-state index in [1.165, 1.54) is 6.07 Å². The van der Waals surface area contributed by atoms with Crippen molar-refractivity contribution in [3.05, 3.63) is 63.9 Å². The maximum atomic E-state index is 13.3. The molecule has 0 aliphatic heterocycles. The van der Waals surface area contributed by atoms with E-state index >= 15 is 0 Å². The van der Waals surface area contributed by atoms with E-state index in [-0.39, 0.29) is 18.8 Å². The molecule has 0 spiro atoms. The Morgan fingerprint density at radius 1 is 1.30 bits per heavy atom. The van der Waals surface area contributed by atoms with Crippen molar-refractivity contribution in [1.29, 1.82) is 5.26 Å². The van der Waals surface area contributed by atoms with Gasteiger partial charge in [-0.25, -0.2) is 4.39 Å². The standard InChI is InChI=1S/C15H11ClFNO2/c16-14-2-1-3-15(13(14)8-19)20-9-11-4-10(7-18)5-12(17)6-11/h1-6,19H,8-9H2. The first-order chi connectivity index (χ1) is 9.63. The highest BCUT2D eigenvalue weighted by Gasteiger charge is 2.08. The van der Waals surface area contributed by atoms with Crippen LogP contribution in [0, 0.1) is 17.1 Å². The van der Waals surface area contributed by atoms with Crippen molar-refractivity contribution in [2.24, 2.45) is 0 Å². The van der Waals surface area contributed by atoms with Gasteiger partial charge in [0.05, 0.1) is 18.2 Å². The van der Waals surface area contributed by atoms with Crippen molar-refractivity contribution in [2.75, 3.05) is 0 Å². The average Bonchev–Trinajstić information content (AvgIpc) is 2.44. The SMILES string of the molecule is N#Cc1cc(F)cc(COc2cccc(Cl)c2CO)c1. The quantitative estimate of drug-likeness (QED) is 0.939. The Hall–Kier alpha value is -2.09. The number of aliphatic hydroxyl groups is 1. The van der Waals surface area contributed by atoms with Gasteiger partial charge in [-0.15, -0.1) is 0 Å². The Labute approximate surface area is 120 Å². The van der Waals surface area contributed by atoms with Crippen LogP contribution in [0.2, 0.25) is 5.02 Å². The number of ether oxygens (including phenoxy) is 1. The number of aliphatic hydroxyl groups excluding tert-OH is 1. The summed E-state index contributed by atoms with van der Waals surface area (Å²) in [7, 11) is 0. The molecule has 5 heteroatoms. The lowest BCUT2D eigenvalue weighted by Crippen LogP contribution is -2.00. The summed E-state index contributed by atoms with van der Waals surface area (Å²) in [6.07, 6.45) is 0. The van der Waals surface area contributed by atoms with E-state index in [1.54, 1.807) is 24.3 Å². The van der Waals surface area contributed by atoms with Crippen LogP contribution in [0.3, 0.4) is 0 Å². The summed E-state index contributed by atoms with van der Waals surface area (Å²) < 4.78 is 18.8. The van der Waals surface area contributed by atoms with Crippen LogP contribution < -0.4 is 4.74 Å². The van der Waals surface area contributed by atoms with Gasteiger partial charge in [-0.3, -0.25) is 0 Å². The minimum Gasteiger partial charge on any atom is -0.488 e. The zero-order valence-corrected chi connectivity index (χ0v) is 11.2. The van der Waals surface area contributed by atoms with Gasteiger partial charge in [-0.05, 0) is 35.9 Å². The molecule has 2 aromatic rings. The summed E-state index contributed by atoms with van der Waals surface area (Å²) in [5.41, 5.74) is 1.24. The number of nitriles is 1. The Morgan fingerprint density at radius 2 is 2.10 bits per heavy atom. The molecule has 0 radical (unpaired) electrons. The Bertz CT molecular complexity index is 667. The van der Waals surface area contributed by atoms with E-state index < -0.39 is 5.82 Å². The fourth-order valence-corrected chi connectivity index (χ4v) is 2.01. The molecule has 0 heterocycles. The van der Waals surface area contributed by atoms with E-state index in [2.05, 4.69) is 0 Å². The summed E-state index contributed by atoms with van der Waals surface area (Å²) in [5, 5.41) is 18.4. The summed E-state index contributed by atoms with van der Waals surface area (Å²) >= 11 is 5.94. The largest absolute Gasteiger partial charge is 0.488 e. The van der Waals surface area contributed by atoms with Crippen LogP contribution in [0.4, 0.5) is 4.39 Å². The minimum absolute atomic E-state index is 0.0831. The molecule has 1 N–H and O–H groups in total. The number of rotatable bonds is 4. The van der Waals surface area contributed by atoms with Gasteiger partial charge in [0.1, 0.15) is 18.2 Å². The maximum Gasteiger partial charge on any atom is 0.126 e. The third kappa shape index (κ3) is 3.27. The molecular formula is C15H11ClFNO2. The van der Waals surface area contributed by atoms with E-state index in [1.807, 2.05) is 6.07 Å². The highest BCUT2D eigenvalue weighted by atomic mass is 35.5. The molecule has 0 bridgehead atoms. The number of halogens is 2. The molecule has 0 aliphatic carbocycles. The average molecular weight is 292 g/mol. The second kappa shape index (κ2) is 6.38. The van der Waals surface area contributed by atoms with Gasteiger partial charge in [0, 0.05) is 10.6 Å². The Kier molecular flexibility index (Phi) is 4.57. The van der Waals surface area contributed by atoms with Gasteiger partial charge in [0.25, 0.3) is 0 Å². The first kappa shape index (κ1) is 14.3. The van der Waals surface area contributed by atoms with Gasteiger partial charge in [-0.2, -0.15) is 5.26 Å². The van der Waals surface area contributed by atoms with Crippen molar-refractivity contribution in [1.82, 2.24) is 0 Å². The van der Waals surface area contributed by atoms with Crippen LogP contribution in [0.15, 0.2) is 36.4 Å². The minimum atomic E-state index is -0.490. The van der Waals surface area contributed by atoms with E-state index in [4.69, 9.17) is 21.6 Å². The highest BCUT2D eigenvalue weighted by Crippen LogP contribution is 2.27. The molecule has 0 amide bonds. The van der Waals surface area contributed by atoms with Crippen molar-refractivity contribution >= 4 is 11.6 Å². The molecule has 2 aromatic carbocycles. The molecule has 2 rings (SSSR count). The zero-order chi connectivity index (χ0) is 14.5. The van der Waals surface area contributed by atoms with Crippen LogP contribution in [0.5, 0.6) is 5.75 Å². The highest BCUT2D eigenvalue weighted by molar-refractivity contribution is 6.31. The monoisotopic (exact) mass is 291 g/mol. The lowest BCUT2D eigenvalue weighted by Gasteiger charge is -2.11. The first-order valence-corrected chi connectivity index (χ1v) is 6.22. The number of hydrogen-bond acceptors (Lipinski definition) is 3. The third-order valence-electron chi connectivity index (χ3n) is 2.71. The molecule has 0 saturated carbocycles. The predicted molar refractivity (Wildman–Crippen MR) is 72.8 cm³/mol. The number of benzene rings is 2. The van der Waals surface area contributed by atoms with Crippen LogP contribution in [0.25, 0.3) is 0 Å². The second-order valence-corrected chi connectivity index (χ2v) is 4.53. The zero-order valence-electron chi connectivity index (χ0n) is 10.4. The van der Waals surface area contributed by atoms with Gasteiger partial charge in [0.15, 0.2) is 0 Å². The second-order valence-electron chi connectivity index (χ2n) is 4.12. The fraction of sp³-hybridized carbons (Fsp3) is 0.133. The van der Waals surface area contributed by atoms with Crippen molar-refractivity contribution < 1.29 is 14.2 Å². The van der Waals surface area contributed by atoms with Crippen LogP contribution in [-0.2, 0) is 13.2 Å². The molecule has 0 saturated heterocycles. The molecule has 20 heavy (non-hydrogen) atoms. The molecule has 0 aliphatic rings. The maximum absolute atomic E-state index is 13.3. The topological polar surface area (TPSA) is 53.2 Å². The molecule has 0 aromatic heterocycles. The summed E-state index contributed by atoms with van der Waals surface area (Å²) in [5.74, 6) is -0.0566. The normalized spacial score (nSPS) is 10.1. The lowest BCUT2D eigenvalue weighted by molar-refractivity contribution is 0.259. The smallest absolute Gasteiger partial charge is 0.126 e. The third-order valence-corrected chi connectivity index (χ3v) is 3.07. The molecule has 0 unspecified atom stereocenters. The molecular weight excluding hydrogens is 281 g/mol. The molecule has 0 fully saturated rings. The van der Waals surface area contributed by atoms with Crippen molar-refractivity contribution in [3.8, 4) is 11.8 Å². The first-order valence-electron chi connectivity index (χ1n) is 5.84. The van der Waals surface area contributed by atoms with Gasteiger partial charge >= 0.3 is 0 Å². The van der Waals surface area contributed by atoms with Crippen LogP contribution in [-0.4, -0.2) is 5.11 Å².